The number of benzene rings is 6. The summed E-state index contributed by atoms with van der Waals surface area (Å²) in [5.41, 5.74) is 5.99. The third-order valence-corrected chi connectivity index (χ3v) is 24.7. The molecule has 6 aromatic carbocycles. The molecule has 0 N–H and O–H groups in total. The van der Waals surface area contributed by atoms with Crippen LogP contribution >= 0.6 is 11.8 Å². The Balaban J connectivity index is 1.22. The van der Waals surface area contributed by atoms with Crippen LogP contribution in [0.25, 0.3) is 6.08 Å². The van der Waals surface area contributed by atoms with Gasteiger partial charge in [-0.05, 0) is 89.6 Å². The molecule has 0 unspecified atom stereocenters. The number of hydrogen-bond donors (Lipinski definition) is 0. The van der Waals surface area contributed by atoms with Crippen LogP contribution in [0.15, 0.2) is 204 Å². The van der Waals surface area contributed by atoms with Crippen molar-refractivity contribution in [2.24, 2.45) is 5.41 Å². The van der Waals surface area contributed by atoms with Gasteiger partial charge in [-0.15, -0.1) is 11.8 Å². The van der Waals surface area contributed by atoms with Gasteiger partial charge in [0.2, 0.25) is 0 Å². The van der Waals surface area contributed by atoms with E-state index in [9.17, 15) is 4.79 Å². The average molecular weight is 954 g/mol. The lowest BCUT2D eigenvalue weighted by Gasteiger charge is -2.44. The van der Waals surface area contributed by atoms with Gasteiger partial charge in [0.15, 0.2) is 0 Å². The van der Waals surface area contributed by atoms with Crippen molar-refractivity contribution in [3.8, 4) is 0 Å². The van der Waals surface area contributed by atoms with E-state index in [1.807, 2.05) is 11.8 Å². The predicted molar refractivity (Wildman–Crippen MR) is 297 cm³/mol. The fourth-order valence-corrected chi connectivity index (χ4v) is 20.5. The molecule has 0 spiro atoms. The highest BCUT2D eigenvalue weighted by Gasteiger charge is 2.51. The maximum atomic E-state index is 11.9. The summed E-state index contributed by atoms with van der Waals surface area (Å²) in [7, 11) is -5.54. The SMILES string of the molecule is CC1(C)CC(/C=C/c2ccc(N(CCO[Si](c3ccccc3)(c3ccccc3)C(C)(C)C)CCO[Si](c3ccccc3)(c3ccccc3)C(C)(C)C)cc2)=C(SCc2ccccc2)C(=C/C=O)/C1. The summed E-state index contributed by atoms with van der Waals surface area (Å²) in [5.74, 6) is 0.855. The first-order chi connectivity index (χ1) is 32.7. The highest BCUT2D eigenvalue weighted by molar-refractivity contribution is 8.02. The fraction of sp³-hybridized carbons (Fsp3) is 0.295. The zero-order valence-corrected chi connectivity index (χ0v) is 44.4. The molecular weight excluding hydrogens is 883 g/mol. The molecule has 1 aliphatic rings. The minimum absolute atomic E-state index is 0.0444. The molecule has 0 heterocycles. The third-order valence-electron chi connectivity index (χ3n) is 13.3. The number of carbonyl (C=O) groups excluding carboxylic acids is 1. The second kappa shape index (κ2) is 22.4. The molecule has 0 saturated carbocycles. The van der Waals surface area contributed by atoms with Crippen molar-refractivity contribution >= 4 is 67.2 Å². The van der Waals surface area contributed by atoms with Crippen molar-refractivity contribution in [1.29, 1.82) is 0 Å². The van der Waals surface area contributed by atoms with Gasteiger partial charge in [0.1, 0.15) is 6.29 Å². The minimum atomic E-state index is -2.77. The van der Waals surface area contributed by atoms with Crippen LogP contribution in [-0.2, 0) is 19.4 Å². The molecule has 0 saturated heterocycles. The molecule has 0 atom stereocenters. The van der Waals surface area contributed by atoms with E-state index in [0.717, 1.165) is 41.7 Å². The van der Waals surface area contributed by atoms with Gasteiger partial charge in [0.05, 0.1) is 13.2 Å². The Morgan fingerprint density at radius 2 is 0.971 bits per heavy atom. The highest BCUT2D eigenvalue weighted by Crippen LogP contribution is 2.47. The number of rotatable bonds is 19. The summed E-state index contributed by atoms with van der Waals surface area (Å²) in [6.07, 6.45) is 9.08. The Bertz CT molecular complexity index is 2430. The summed E-state index contributed by atoms with van der Waals surface area (Å²) in [4.78, 5) is 15.6. The molecule has 7 rings (SSSR count). The zero-order valence-electron chi connectivity index (χ0n) is 41.6. The van der Waals surface area contributed by atoms with Crippen LogP contribution in [-0.4, -0.2) is 49.2 Å². The number of aldehydes is 1. The molecule has 352 valence electrons. The van der Waals surface area contributed by atoms with E-state index in [-0.39, 0.29) is 15.5 Å². The van der Waals surface area contributed by atoms with E-state index in [2.05, 4.69) is 248 Å². The number of thioether (sulfide) groups is 1. The van der Waals surface area contributed by atoms with Crippen LogP contribution < -0.4 is 25.6 Å². The molecule has 4 nitrogen and oxygen atoms in total. The Kier molecular flexibility index (Phi) is 16.7. The maximum Gasteiger partial charge on any atom is 0.261 e. The van der Waals surface area contributed by atoms with E-state index in [4.69, 9.17) is 8.85 Å². The second-order valence-corrected chi connectivity index (χ2v) is 30.5. The molecule has 1 aliphatic carbocycles. The molecule has 0 bridgehead atoms. The summed E-state index contributed by atoms with van der Waals surface area (Å²) >= 11 is 1.84. The third kappa shape index (κ3) is 11.8. The van der Waals surface area contributed by atoms with E-state index in [1.165, 1.54) is 36.8 Å². The summed E-state index contributed by atoms with van der Waals surface area (Å²) in [6, 6.07) is 63.3. The standard InChI is InChI=1S/C61H71NO3SSi2/c1-59(2,3)67(54-26-16-10-17-27-54,55-28-18-11-19-29-55)64-44-41-62(42-45-65-68(60(4,5)6,56-30-20-12-21-31-56)57-32-22-13-23-33-57)53-38-35-49(36-39-53)34-37-51-46-61(7,8)47-52(40-43-63)58(51)66-48-50-24-14-9-15-25-50/h9-40,43H,41-42,44-48H2,1-8H3/b37-34+,52-40+. The normalized spacial score (nSPS) is 15.2. The number of anilines is 1. The molecule has 6 aromatic rings. The van der Waals surface area contributed by atoms with Crippen LogP contribution in [0.5, 0.6) is 0 Å². The Morgan fingerprint density at radius 1 is 0.559 bits per heavy atom. The maximum absolute atomic E-state index is 11.9. The number of hydrogen-bond acceptors (Lipinski definition) is 5. The van der Waals surface area contributed by atoms with E-state index >= 15 is 0 Å². The minimum Gasteiger partial charge on any atom is -0.406 e. The molecule has 7 heteroatoms. The highest BCUT2D eigenvalue weighted by atomic mass is 32.2. The van der Waals surface area contributed by atoms with Gasteiger partial charge in [-0.1, -0.05) is 231 Å². The molecule has 0 amide bonds. The lowest BCUT2D eigenvalue weighted by Crippen LogP contribution is -2.67. The van der Waals surface area contributed by atoms with Crippen molar-refractivity contribution in [3.05, 3.63) is 215 Å². The van der Waals surface area contributed by atoms with Crippen LogP contribution in [0, 0.1) is 5.41 Å². The van der Waals surface area contributed by atoms with E-state index < -0.39 is 16.6 Å². The Morgan fingerprint density at radius 3 is 1.37 bits per heavy atom. The summed E-state index contributed by atoms with van der Waals surface area (Å²) < 4.78 is 15.0. The van der Waals surface area contributed by atoms with Gasteiger partial charge in [-0.2, -0.15) is 0 Å². The lowest BCUT2D eigenvalue weighted by atomic mass is 9.75. The van der Waals surface area contributed by atoms with Crippen LogP contribution in [0.2, 0.25) is 10.1 Å². The van der Waals surface area contributed by atoms with E-state index in [1.54, 1.807) is 6.08 Å². The van der Waals surface area contributed by atoms with Gasteiger partial charge in [-0.25, -0.2) is 0 Å². The molecule has 68 heavy (non-hydrogen) atoms. The first-order valence-corrected chi connectivity index (χ1v) is 29.0. The first-order valence-electron chi connectivity index (χ1n) is 24.2. The smallest absolute Gasteiger partial charge is 0.261 e. The quantitative estimate of drug-likeness (QED) is 0.0459. The predicted octanol–water partition coefficient (Wildman–Crippen LogP) is 12.8. The monoisotopic (exact) mass is 953 g/mol. The van der Waals surface area contributed by atoms with Crippen molar-refractivity contribution in [3.63, 3.8) is 0 Å². The van der Waals surface area contributed by atoms with Crippen molar-refractivity contribution < 1.29 is 13.6 Å². The first kappa shape index (κ1) is 50.6. The van der Waals surface area contributed by atoms with Crippen LogP contribution in [0.4, 0.5) is 5.69 Å². The molecule has 0 fully saturated rings. The lowest BCUT2D eigenvalue weighted by molar-refractivity contribution is -0.104. The van der Waals surface area contributed by atoms with E-state index in [0.29, 0.717) is 26.3 Å². The molecule has 0 aliphatic heterocycles. The Labute approximate surface area is 414 Å². The van der Waals surface area contributed by atoms with Gasteiger partial charge in [-0.3, -0.25) is 4.79 Å². The molecular formula is C61H71NO3SSi2. The molecule has 0 radical (unpaired) electrons. The average Bonchev–Trinajstić information content (AvgIpc) is 3.33. The van der Waals surface area contributed by atoms with Crippen molar-refractivity contribution in [2.45, 2.75) is 84.1 Å². The van der Waals surface area contributed by atoms with Gasteiger partial charge < -0.3 is 13.8 Å². The van der Waals surface area contributed by atoms with Gasteiger partial charge in [0, 0.05) is 29.4 Å². The number of allylic oxidation sites excluding steroid dienone is 4. The van der Waals surface area contributed by atoms with Crippen molar-refractivity contribution in [2.75, 3.05) is 31.2 Å². The molecule has 0 aromatic heterocycles. The Hall–Kier alpha value is -5.29. The summed E-state index contributed by atoms with van der Waals surface area (Å²) in [5, 5.41) is 4.86. The number of carbonyl (C=O) groups is 1. The fourth-order valence-electron chi connectivity index (χ4n) is 10.2. The van der Waals surface area contributed by atoms with Crippen LogP contribution in [0.3, 0.4) is 0 Å². The topological polar surface area (TPSA) is 38.8 Å². The summed E-state index contributed by atoms with van der Waals surface area (Å²) in [6.45, 7) is 21.2. The second-order valence-electron chi connectivity index (χ2n) is 20.9. The van der Waals surface area contributed by atoms with Crippen molar-refractivity contribution in [1.82, 2.24) is 0 Å². The zero-order chi connectivity index (χ0) is 48.3. The van der Waals surface area contributed by atoms with Gasteiger partial charge >= 0.3 is 0 Å². The largest absolute Gasteiger partial charge is 0.406 e. The van der Waals surface area contributed by atoms with Crippen LogP contribution in [0.1, 0.15) is 79.4 Å². The number of nitrogens with zero attached hydrogens (tertiary/aromatic N) is 1. The van der Waals surface area contributed by atoms with Gasteiger partial charge in [0.25, 0.3) is 16.6 Å².